The van der Waals surface area contributed by atoms with E-state index < -0.39 is 4.92 Å². The minimum atomic E-state index is -0.603. The predicted molar refractivity (Wildman–Crippen MR) is 101 cm³/mol. The van der Waals surface area contributed by atoms with E-state index >= 15 is 0 Å². The Hall–Kier alpha value is -2.97. The molecule has 2 aromatic carbocycles. The molecule has 2 atom stereocenters. The molecule has 1 amide bonds. The first-order valence-electron chi connectivity index (χ1n) is 9.19. The lowest BCUT2D eigenvalue weighted by Gasteiger charge is -2.36. The summed E-state index contributed by atoms with van der Waals surface area (Å²) < 4.78 is 5.88. The first-order valence-corrected chi connectivity index (χ1v) is 9.19. The van der Waals surface area contributed by atoms with Gasteiger partial charge in [0, 0.05) is 32.2 Å². The second-order valence-corrected chi connectivity index (χ2v) is 7.10. The second kappa shape index (κ2) is 7.57. The number of fused-ring (bicyclic) bond motifs is 1. The fraction of sp³-hybridized carbons (Fsp3) is 0.350. The predicted octanol–water partition coefficient (Wildman–Crippen LogP) is 2.03. The van der Waals surface area contributed by atoms with Gasteiger partial charge in [-0.3, -0.25) is 19.8 Å². The Balaban J connectivity index is 1.49. The number of hydrogen-bond acceptors (Lipinski definition) is 6. The van der Waals surface area contributed by atoms with Crippen LogP contribution in [0.3, 0.4) is 0 Å². The molecule has 0 aliphatic carbocycles. The van der Waals surface area contributed by atoms with Crippen LogP contribution < -0.4 is 0 Å². The van der Waals surface area contributed by atoms with Crippen LogP contribution in [-0.4, -0.2) is 64.1 Å². The fourth-order valence-electron chi connectivity index (χ4n) is 3.92. The monoisotopic (exact) mass is 383 g/mol. The highest BCUT2D eigenvalue weighted by Crippen LogP contribution is 2.29. The molecule has 2 heterocycles. The number of nitrogens with zero attached hydrogens (tertiary/aromatic N) is 3. The summed E-state index contributed by atoms with van der Waals surface area (Å²) in [6.07, 6.45) is -0.0818. The first kappa shape index (κ1) is 18.4. The molecule has 0 bridgehead atoms. The van der Waals surface area contributed by atoms with Crippen molar-refractivity contribution in [2.75, 3.05) is 26.2 Å². The van der Waals surface area contributed by atoms with Crippen LogP contribution in [-0.2, 0) is 11.3 Å². The van der Waals surface area contributed by atoms with Crippen LogP contribution in [0.15, 0.2) is 48.5 Å². The Morgan fingerprint density at radius 2 is 2.00 bits per heavy atom. The molecule has 0 saturated carbocycles. The minimum absolute atomic E-state index is 0.0684. The molecule has 0 radical (unpaired) electrons. The summed E-state index contributed by atoms with van der Waals surface area (Å²) in [4.78, 5) is 27.1. The van der Waals surface area contributed by atoms with E-state index in [-0.39, 0.29) is 35.1 Å². The number of carbonyl (C=O) groups is 1. The lowest BCUT2D eigenvalue weighted by molar-refractivity contribution is -0.384. The van der Waals surface area contributed by atoms with Gasteiger partial charge in [0.25, 0.3) is 11.6 Å². The Morgan fingerprint density at radius 1 is 1.21 bits per heavy atom. The summed E-state index contributed by atoms with van der Waals surface area (Å²) in [5.41, 5.74) is 1.03. The van der Waals surface area contributed by atoms with E-state index in [1.165, 1.54) is 17.7 Å². The molecular formula is C20H21N3O5. The number of rotatable bonds is 4. The molecule has 0 unspecified atom stereocenters. The fourth-order valence-corrected chi connectivity index (χ4v) is 3.92. The third-order valence-corrected chi connectivity index (χ3v) is 5.35. The number of nitro benzene ring substituents is 1. The SMILES string of the molecule is O=C(c1ccc([N+](=O)[O-])cc1O)N1C[C@@H]2OCCN(Cc3ccccc3)[C@H]2C1. The lowest BCUT2D eigenvalue weighted by Crippen LogP contribution is -2.50. The summed E-state index contributed by atoms with van der Waals surface area (Å²) in [6, 6.07) is 13.8. The molecule has 28 heavy (non-hydrogen) atoms. The second-order valence-electron chi connectivity index (χ2n) is 7.10. The van der Waals surface area contributed by atoms with Crippen molar-refractivity contribution in [2.45, 2.75) is 18.7 Å². The summed E-state index contributed by atoms with van der Waals surface area (Å²) in [5.74, 6) is -0.721. The maximum atomic E-state index is 12.9. The highest BCUT2D eigenvalue weighted by atomic mass is 16.6. The van der Waals surface area contributed by atoms with Crippen molar-refractivity contribution in [3.63, 3.8) is 0 Å². The summed E-state index contributed by atoms with van der Waals surface area (Å²) >= 11 is 0. The standard InChI is InChI=1S/C20H21N3O5/c24-18-10-15(23(26)27)6-7-16(18)20(25)22-12-17-19(13-22)28-9-8-21(17)11-14-4-2-1-3-5-14/h1-7,10,17,19,24H,8-9,11-13H2/t17-,19-/m0/s1. The van der Waals surface area contributed by atoms with Crippen molar-refractivity contribution in [3.8, 4) is 5.75 Å². The van der Waals surface area contributed by atoms with E-state index in [4.69, 9.17) is 4.74 Å². The van der Waals surface area contributed by atoms with E-state index in [0.717, 1.165) is 19.2 Å². The lowest BCUT2D eigenvalue weighted by atomic mass is 10.1. The minimum Gasteiger partial charge on any atom is -0.507 e. The zero-order valence-corrected chi connectivity index (χ0v) is 15.2. The first-order chi connectivity index (χ1) is 13.5. The number of non-ortho nitro benzene ring substituents is 1. The van der Waals surface area contributed by atoms with Crippen LogP contribution >= 0.6 is 0 Å². The molecular weight excluding hydrogens is 362 g/mol. The molecule has 2 saturated heterocycles. The number of amides is 1. The molecule has 1 N–H and O–H groups in total. The topological polar surface area (TPSA) is 96.1 Å². The van der Waals surface area contributed by atoms with Crippen molar-refractivity contribution in [2.24, 2.45) is 0 Å². The van der Waals surface area contributed by atoms with Gasteiger partial charge in [0.15, 0.2) is 0 Å². The van der Waals surface area contributed by atoms with Crippen molar-refractivity contribution in [3.05, 3.63) is 69.8 Å². The van der Waals surface area contributed by atoms with E-state index in [0.29, 0.717) is 19.7 Å². The van der Waals surface area contributed by atoms with Gasteiger partial charge in [-0.15, -0.1) is 0 Å². The highest BCUT2D eigenvalue weighted by Gasteiger charge is 2.42. The van der Waals surface area contributed by atoms with Crippen LogP contribution in [0, 0.1) is 10.1 Å². The number of benzene rings is 2. The van der Waals surface area contributed by atoms with Crippen LogP contribution in [0.4, 0.5) is 5.69 Å². The van der Waals surface area contributed by atoms with Gasteiger partial charge in [-0.1, -0.05) is 30.3 Å². The van der Waals surface area contributed by atoms with Crippen molar-refractivity contribution in [1.29, 1.82) is 0 Å². The summed E-state index contributed by atoms with van der Waals surface area (Å²) in [7, 11) is 0. The number of ether oxygens (including phenoxy) is 1. The van der Waals surface area contributed by atoms with E-state index in [1.54, 1.807) is 4.90 Å². The number of nitro groups is 1. The number of morpholine rings is 1. The van der Waals surface area contributed by atoms with Crippen LogP contribution in [0.1, 0.15) is 15.9 Å². The molecule has 4 rings (SSSR count). The average Bonchev–Trinajstić information content (AvgIpc) is 3.13. The molecule has 2 fully saturated rings. The number of aromatic hydroxyl groups is 1. The van der Waals surface area contributed by atoms with Gasteiger partial charge in [0.2, 0.25) is 0 Å². The number of likely N-dealkylation sites (tertiary alicyclic amines) is 1. The number of hydrogen-bond donors (Lipinski definition) is 1. The Labute approximate surface area is 162 Å². The highest BCUT2D eigenvalue weighted by molar-refractivity contribution is 5.97. The molecule has 8 nitrogen and oxygen atoms in total. The average molecular weight is 383 g/mol. The normalized spacial score (nSPS) is 22.1. The van der Waals surface area contributed by atoms with E-state index in [9.17, 15) is 20.0 Å². The number of phenols is 1. The van der Waals surface area contributed by atoms with Crippen molar-refractivity contribution < 1.29 is 19.6 Å². The number of phenolic OH excluding ortho intramolecular Hbond substituents is 1. The Bertz CT molecular complexity index is 889. The van der Waals surface area contributed by atoms with E-state index in [2.05, 4.69) is 17.0 Å². The summed E-state index contributed by atoms with van der Waals surface area (Å²) in [5, 5.41) is 20.9. The van der Waals surface area contributed by atoms with Gasteiger partial charge in [-0.05, 0) is 11.6 Å². The summed E-state index contributed by atoms with van der Waals surface area (Å²) in [6.45, 7) is 3.12. The molecule has 2 aliphatic heterocycles. The third-order valence-electron chi connectivity index (χ3n) is 5.35. The zero-order valence-electron chi connectivity index (χ0n) is 15.2. The maximum absolute atomic E-state index is 12.9. The van der Waals surface area contributed by atoms with Gasteiger partial charge in [0.05, 0.1) is 35.3 Å². The molecule has 8 heteroatoms. The van der Waals surface area contributed by atoms with Crippen LogP contribution in [0.2, 0.25) is 0 Å². The van der Waals surface area contributed by atoms with Crippen molar-refractivity contribution in [1.82, 2.24) is 9.80 Å². The molecule has 146 valence electrons. The van der Waals surface area contributed by atoms with E-state index in [1.807, 2.05) is 18.2 Å². The van der Waals surface area contributed by atoms with Crippen molar-refractivity contribution >= 4 is 11.6 Å². The molecule has 0 spiro atoms. The maximum Gasteiger partial charge on any atom is 0.273 e. The van der Waals surface area contributed by atoms with Crippen LogP contribution in [0.5, 0.6) is 5.75 Å². The Morgan fingerprint density at radius 3 is 2.71 bits per heavy atom. The largest absolute Gasteiger partial charge is 0.507 e. The third kappa shape index (κ3) is 3.56. The molecule has 2 aliphatic rings. The quantitative estimate of drug-likeness (QED) is 0.641. The smallest absolute Gasteiger partial charge is 0.273 e. The Kier molecular flexibility index (Phi) is 4.97. The van der Waals surface area contributed by atoms with Gasteiger partial charge >= 0.3 is 0 Å². The van der Waals surface area contributed by atoms with Gasteiger partial charge in [0.1, 0.15) is 5.75 Å². The van der Waals surface area contributed by atoms with Gasteiger partial charge in [-0.25, -0.2) is 0 Å². The molecule has 0 aromatic heterocycles. The molecule has 2 aromatic rings. The van der Waals surface area contributed by atoms with Crippen LogP contribution in [0.25, 0.3) is 0 Å². The number of carbonyl (C=O) groups excluding carboxylic acids is 1. The van der Waals surface area contributed by atoms with Gasteiger partial charge in [-0.2, -0.15) is 0 Å². The zero-order chi connectivity index (χ0) is 19.7. The van der Waals surface area contributed by atoms with Gasteiger partial charge < -0.3 is 14.7 Å².